The number of aryl methyl sites for hydroxylation is 1. The van der Waals surface area contributed by atoms with Crippen molar-refractivity contribution in [2.24, 2.45) is 0 Å². The summed E-state index contributed by atoms with van der Waals surface area (Å²) in [5.74, 6) is -3.32. The van der Waals surface area contributed by atoms with Crippen molar-refractivity contribution in [2.75, 3.05) is 26.2 Å². The fraction of sp³-hybridized carbons (Fsp3) is 0.471. The molecule has 2 heterocycles. The molecule has 156 valence electrons. The van der Waals surface area contributed by atoms with E-state index < -0.39 is 37.6 Å². The van der Waals surface area contributed by atoms with Crippen LogP contribution in [-0.4, -0.2) is 88.6 Å². The second kappa shape index (κ2) is 8.68. The predicted molar refractivity (Wildman–Crippen MR) is 98.4 cm³/mol. The van der Waals surface area contributed by atoms with Crippen molar-refractivity contribution in [3.63, 3.8) is 0 Å². The van der Waals surface area contributed by atoms with Crippen LogP contribution in [0.2, 0.25) is 6.32 Å². The number of aromatic carboxylic acids is 1. The van der Waals surface area contributed by atoms with E-state index >= 15 is 0 Å². The molecule has 1 unspecified atom stereocenters. The summed E-state index contributed by atoms with van der Waals surface area (Å²) in [4.78, 5) is 35.3. The van der Waals surface area contributed by atoms with Gasteiger partial charge in [-0.05, 0) is 24.4 Å². The number of hydrogen-bond acceptors (Lipinski definition) is 8. The molecule has 1 aromatic carbocycles. The maximum Gasteiger partial charge on any atom is 0.522 e. The maximum atomic E-state index is 11.7. The summed E-state index contributed by atoms with van der Waals surface area (Å²) in [7, 11) is -1.07. The predicted octanol–water partition coefficient (Wildman–Crippen LogP) is -1.01. The average molecular weight is 408 g/mol. The highest BCUT2D eigenvalue weighted by Gasteiger charge is 2.35. The van der Waals surface area contributed by atoms with Gasteiger partial charge in [-0.3, -0.25) is 19.8 Å². The van der Waals surface area contributed by atoms with Gasteiger partial charge in [0.25, 0.3) is 0 Å². The molecule has 1 atom stereocenters. The van der Waals surface area contributed by atoms with Gasteiger partial charge in [0.15, 0.2) is 0 Å². The molecule has 0 radical (unpaired) electrons. The number of likely N-dealkylation sites (tertiary alicyclic amines) is 1. The molecular weight excluding hydrogens is 387 g/mol. The lowest BCUT2D eigenvalue weighted by Gasteiger charge is -2.40. The number of hydrogen-bond donors (Lipinski definition) is 5. The molecule has 29 heavy (non-hydrogen) atoms. The van der Waals surface area contributed by atoms with Crippen molar-refractivity contribution in [1.29, 1.82) is 0 Å². The van der Waals surface area contributed by atoms with Crippen molar-refractivity contribution in [3.8, 4) is 11.5 Å². The van der Waals surface area contributed by atoms with Crippen molar-refractivity contribution in [1.82, 2.24) is 10.2 Å². The van der Waals surface area contributed by atoms with Gasteiger partial charge in [0.1, 0.15) is 29.2 Å². The third-order valence-electron chi connectivity index (χ3n) is 4.79. The van der Waals surface area contributed by atoms with Gasteiger partial charge in [-0.15, -0.1) is 0 Å². The van der Waals surface area contributed by atoms with E-state index in [1.165, 1.54) is 0 Å². The highest BCUT2D eigenvalue weighted by Crippen LogP contribution is 2.37. The number of nitrogens with one attached hydrogen (secondary N) is 1. The van der Waals surface area contributed by atoms with E-state index in [9.17, 15) is 29.6 Å². The summed E-state index contributed by atoms with van der Waals surface area (Å²) in [6, 6.07) is 2.22. The molecule has 3 rings (SSSR count). The zero-order chi connectivity index (χ0) is 21.1. The van der Waals surface area contributed by atoms with Crippen LogP contribution in [-0.2, 0) is 16.0 Å². The molecule has 1 aromatic rings. The standard InChI is InChI=1S/C17H21BN2O9/c21-13(22)5-19-11(16(23)24)8-20-6-10(7-20)28-12-2-1-9-3-4-18(27)29-15(9)14(12)17(25)26/h1-2,10-11,19,27H,3-8H2,(H,21,22)(H,23,24)(H,25,26). The van der Waals surface area contributed by atoms with Gasteiger partial charge in [-0.25, -0.2) is 4.79 Å². The first-order valence-corrected chi connectivity index (χ1v) is 9.05. The Morgan fingerprint density at radius 3 is 2.62 bits per heavy atom. The normalized spacial score (nSPS) is 17.6. The van der Waals surface area contributed by atoms with Gasteiger partial charge in [0.05, 0.1) is 6.54 Å². The molecule has 2 aliphatic heterocycles. The number of aliphatic carboxylic acids is 2. The molecule has 2 aliphatic rings. The summed E-state index contributed by atoms with van der Waals surface area (Å²) in [6.45, 7) is 0.345. The SMILES string of the molecule is O=C(O)CNC(CN1CC(Oc2ccc3c(c2C(=O)O)OB(O)CC3)C1)C(=O)O. The Labute approximate surface area is 166 Å². The molecule has 5 N–H and O–H groups in total. The summed E-state index contributed by atoms with van der Waals surface area (Å²) >= 11 is 0. The molecule has 0 aromatic heterocycles. The Morgan fingerprint density at radius 2 is 2.00 bits per heavy atom. The highest BCUT2D eigenvalue weighted by molar-refractivity contribution is 6.44. The van der Waals surface area contributed by atoms with Crippen LogP contribution in [0, 0.1) is 0 Å². The van der Waals surface area contributed by atoms with Crippen LogP contribution in [0.5, 0.6) is 11.5 Å². The minimum atomic E-state index is -1.23. The molecule has 1 saturated heterocycles. The number of rotatable bonds is 9. The molecule has 0 amide bonds. The third-order valence-corrected chi connectivity index (χ3v) is 4.79. The topological polar surface area (TPSA) is 166 Å². The Balaban J connectivity index is 1.61. The molecule has 12 heteroatoms. The van der Waals surface area contributed by atoms with E-state index in [0.717, 1.165) is 0 Å². The zero-order valence-corrected chi connectivity index (χ0v) is 15.4. The van der Waals surface area contributed by atoms with Crippen LogP contribution >= 0.6 is 0 Å². The largest absolute Gasteiger partial charge is 0.535 e. The molecule has 11 nitrogen and oxygen atoms in total. The minimum Gasteiger partial charge on any atom is -0.535 e. The van der Waals surface area contributed by atoms with Gasteiger partial charge < -0.3 is 29.7 Å². The summed E-state index contributed by atoms with van der Waals surface area (Å²) in [5, 5.41) is 39.5. The lowest BCUT2D eigenvalue weighted by molar-refractivity contribution is -0.141. The van der Waals surface area contributed by atoms with Crippen molar-refractivity contribution in [2.45, 2.75) is 24.9 Å². The van der Waals surface area contributed by atoms with Crippen molar-refractivity contribution >= 4 is 25.0 Å². The molecule has 0 spiro atoms. The van der Waals surface area contributed by atoms with E-state index in [2.05, 4.69) is 5.32 Å². The Morgan fingerprint density at radius 1 is 1.28 bits per heavy atom. The number of fused-ring (bicyclic) bond motifs is 1. The molecule has 1 fully saturated rings. The first-order valence-electron chi connectivity index (χ1n) is 9.05. The van der Waals surface area contributed by atoms with Gasteiger partial charge in [0.2, 0.25) is 0 Å². The number of carbonyl (C=O) groups is 3. The molecule has 0 aliphatic carbocycles. The van der Waals surface area contributed by atoms with E-state index in [1.807, 2.05) is 0 Å². The average Bonchev–Trinajstić information content (AvgIpc) is 2.61. The maximum absolute atomic E-state index is 11.7. The van der Waals surface area contributed by atoms with Crippen LogP contribution < -0.4 is 14.7 Å². The summed E-state index contributed by atoms with van der Waals surface area (Å²) < 4.78 is 11.1. The van der Waals surface area contributed by atoms with E-state index in [4.69, 9.17) is 14.5 Å². The van der Waals surface area contributed by atoms with E-state index in [0.29, 0.717) is 31.4 Å². The van der Waals surface area contributed by atoms with Crippen LogP contribution in [0.25, 0.3) is 0 Å². The summed E-state index contributed by atoms with van der Waals surface area (Å²) in [6.07, 6.45) is 0.521. The smallest absolute Gasteiger partial charge is 0.522 e. The first kappa shape index (κ1) is 20.9. The van der Waals surface area contributed by atoms with Gasteiger partial charge in [-0.2, -0.15) is 0 Å². The Bertz CT molecular complexity index is 812. The van der Waals surface area contributed by atoms with E-state index in [-0.39, 0.29) is 29.7 Å². The van der Waals surface area contributed by atoms with Crippen LogP contribution in [0.1, 0.15) is 15.9 Å². The van der Waals surface area contributed by atoms with Crippen LogP contribution in [0.3, 0.4) is 0 Å². The van der Waals surface area contributed by atoms with E-state index in [1.54, 1.807) is 17.0 Å². The number of nitrogens with zero attached hydrogens (tertiary/aromatic N) is 1. The minimum absolute atomic E-state index is 0.0910. The number of carboxylic acid groups (broad SMARTS) is 3. The molecular formula is C17H21BN2O9. The van der Waals surface area contributed by atoms with Crippen LogP contribution in [0.4, 0.5) is 0 Å². The fourth-order valence-electron chi connectivity index (χ4n) is 3.34. The van der Waals surface area contributed by atoms with Crippen molar-refractivity contribution < 1.29 is 44.1 Å². The van der Waals surface area contributed by atoms with Gasteiger partial charge in [0, 0.05) is 19.6 Å². The number of ether oxygens (including phenoxy) is 1. The van der Waals surface area contributed by atoms with Crippen LogP contribution in [0.15, 0.2) is 12.1 Å². The highest BCUT2D eigenvalue weighted by atomic mass is 16.5. The number of carboxylic acids is 3. The number of benzene rings is 1. The zero-order valence-electron chi connectivity index (χ0n) is 15.4. The van der Waals surface area contributed by atoms with Crippen molar-refractivity contribution in [3.05, 3.63) is 23.3 Å². The first-order chi connectivity index (χ1) is 13.7. The third kappa shape index (κ3) is 4.97. The molecule has 0 bridgehead atoms. The second-order valence-electron chi connectivity index (χ2n) is 6.97. The lowest BCUT2D eigenvalue weighted by atomic mass is 9.78. The monoisotopic (exact) mass is 408 g/mol. The quantitative estimate of drug-likeness (QED) is 0.318. The lowest BCUT2D eigenvalue weighted by Crippen LogP contribution is -2.59. The molecule has 0 saturated carbocycles. The Hall–Kier alpha value is -2.83. The Kier molecular flexibility index (Phi) is 6.25. The fourth-order valence-corrected chi connectivity index (χ4v) is 3.34. The van der Waals surface area contributed by atoms with Gasteiger partial charge >= 0.3 is 25.0 Å². The second-order valence-corrected chi connectivity index (χ2v) is 6.97. The summed E-state index contributed by atoms with van der Waals surface area (Å²) in [5.41, 5.74) is 0.537. The van der Waals surface area contributed by atoms with Gasteiger partial charge in [-0.1, -0.05) is 6.07 Å².